The van der Waals surface area contributed by atoms with Gasteiger partial charge in [-0.3, -0.25) is 4.79 Å². The Morgan fingerprint density at radius 2 is 1.86 bits per heavy atom. The van der Waals surface area contributed by atoms with E-state index in [1.807, 2.05) is 24.3 Å². The molecule has 0 N–H and O–H groups in total. The summed E-state index contributed by atoms with van der Waals surface area (Å²) in [6, 6.07) is 7.36. The third kappa shape index (κ3) is 5.05. The zero-order valence-electron chi connectivity index (χ0n) is 12.4. The number of nitrogens with zero attached hydrogens (tertiary/aromatic N) is 2. The number of sulfonamides is 1. The molecule has 0 spiro atoms. The summed E-state index contributed by atoms with van der Waals surface area (Å²) in [6.45, 7) is 2.05. The molecule has 2 rings (SSSR count). The first-order chi connectivity index (χ1) is 10.4. The molecule has 0 saturated carbocycles. The van der Waals surface area contributed by atoms with Crippen LogP contribution in [0.3, 0.4) is 0 Å². The average molecular weight is 391 g/mol. The lowest BCUT2D eigenvalue weighted by molar-refractivity contribution is -0.135. The minimum atomic E-state index is -3.46. The molecule has 122 valence electrons. The van der Waals surface area contributed by atoms with Crippen molar-refractivity contribution >= 4 is 31.9 Å². The number of carbonyl (C=O) groups is 1. The van der Waals surface area contributed by atoms with Gasteiger partial charge in [0.25, 0.3) is 0 Å². The van der Waals surface area contributed by atoms with Gasteiger partial charge >= 0.3 is 0 Å². The van der Waals surface area contributed by atoms with Crippen LogP contribution in [-0.2, 0) is 26.1 Å². The maximum absolute atomic E-state index is 12.3. The lowest BCUT2D eigenvalue weighted by Gasteiger charge is -2.29. The zero-order chi connectivity index (χ0) is 16.2. The molecule has 0 bridgehead atoms. The van der Waals surface area contributed by atoms with Gasteiger partial charge in [0.2, 0.25) is 15.9 Å². The molecule has 0 aromatic heterocycles. The quantitative estimate of drug-likeness (QED) is 0.753. The third-order valence-corrected chi connectivity index (χ3v) is 5.14. The fourth-order valence-corrected chi connectivity index (χ4v) is 3.14. The van der Waals surface area contributed by atoms with Crippen molar-refractivity contribution in [2.45, 2.75) is 6.54 Å². The second kappa shape index (κ2) is 7.54. The number of halogens is 1. The van der Waals surface area contributed by atoms with Crippen LogP contribution < -0.4 is 0 Å². The van der Waals surface area contributed by atoms with Crippen LogP contribution in [0.1, 0.15) is 5.56 Å². The van der Waals surface area contributed by atoms with Crippen LogP contribution in [0.4, 0.5) is 0 Å². The van der Waals surface area contributed by atoms with E-state index in [2.05, 4.69) is 15.9 Å². The Bertz CT molecular complexity index is 612. The average Bonchev–Trinajstić information content (AvgIpc) is 2.48. The highest BCUT2D eigenvalue weighted by Crippen LogP contribution is 2.14. The summed E-state index contributed by atoms with van der Waals surface area (Å²) in [5, 5.41) is 0. The van der Waals surface area contributed by atoms with E-state index >= 15 is 0 Å². The second-order valence-corrected chi connectivity index (χ2v) is 8.05. The van der Waals surface area contributed by atoms with Gasteiger partial charge in [-0.15, -0.1) is 0 Å². The van der Waals surface area contributed by atoms with E-state index in [0.29, 0.717) is 26.3 Å². The molecule has 1 aromatic rings. The van der Waals surface area contributed by atoms with Crippen LogP contribution >= 0.6 is 15.9 Å². The predicted octanol–water partition coefficient (Wildman–Crippen LogP) is 1.07. The van der Waals surface area contributed by atoms with E-state index in [1.54, 1.807) is 4.90 Å². The van der Waals surface area contributed by atoms with E-state index < -0.39 is 10.0 Å². The Morgan fingerprint density at radius 3 is 2.41 bits per heavy atom. The van der Waals surface area contributed by atoms with Gasteiger partial charge in [0.1, 0.15) is 0 Å². The van der Waals surface area contributed by atoms with Gasteiger partial charge in [0, 0.05) is 24.1 Å². The fourth-order valence-electron chi connectivity index (χ4n) is 2.15. The minimum absolute atomic E-state index is 0.144. The number of morpholine rings is 1. The Kier molecular flexibility index (Phi) is 5.96. The molecule has 6 nitrogen and oxygen atoms in total. The number of benzene rings is 1. The Hall–Kier alpha value is -0.960. The molecule has 0 radical (unpaired) electrons. The number of hydrogen-bond donors (Lipinski definition) is 0. The van der Waals surface area contributed by atoms with Crippen molar-refractivity contribution in [2.24, 2.45) is 0 Å². The number of amides is 1. The van der Waals surface area contributed by atoms with Crippen LogP contribution in [0.25, 0.3) is 0 Å². The normalized spacial score (nSPS) is 16.0. The molecule has 1 heterocycles. The predicted molar refractivity (Wildman–Crippen MR) is 86.8 cm³/mol. The monoisotopic (exact) mass is 390 g/mol. The summed E-state index contributed by atoms with van der Waals surface area (Å²) in [6.07, 6.45) is 1.12. The minimum Gasteiger partial charge on any atom is -0.378 e. The standard InChI is InChI=1S/C14H19BrN2O4S/c1-22(19,20)17(10-12-2-4-13(15)5-3-12)11-14(18)16-6-8-21-9-7-16/h2-5H,6-11H2,1H3. The van der Waals surface area contributed by atoms with Crippen molar-refractivity contribution in [2.75, 3.05) is 39.1 Å². The Morgan fingerprint density at radius 1 is 1.27 bits per heavy atom. The van der Waals surface area contributed by atoms with Crippen molar-refractivity contribution < 1.29 is 17.9 Å². The molecule has 22 heavy (non-hydrogen) atoms. The third-order valence-electron chi connectivity index (χ3n) is 3.42. The van der Waals surface area contributed by atoms with E-state index in [4.69, 9.17) is 4.74 Å². The Labute approximate surface area is 139 Å². The van der Waals surface area contributed by atoms with Crippen molar-refractivity contribution in [3.8, 4) is 0 Å². The molecule has 1 aromatic carbocycles. The molecule has 0 atom stereocenters. The number of carbonyl (C=O) groups excluding carboxylic acids is 1. The van der Waals surface area contributed by atoms with Crippen LogP contribution in [0.15, 0.2) is 28.7 Å². The largest absolute Gasteiger partial charge is 0.378 e. The molecule has 1 aliphatic heterocycles. The highest BCUT2D eigenvalue weighted by atomic mass is 79.9. The van der Waals surface area contributed by atoms with E-state index in [9.17, 15) is 13.2 Å². The van der Waals surface area contributed by atoms with E-state index in [1.165, 1.54) is 4.31 Å². The van der Waals surface area contributed by atoms with Crippen LogP contribution in [0.2, 0.25) is 0 Å². The number of rotatable bonds is 5. The number of ether oxygens (including phenoxy) is 1. The fraction of sp³-hybridized carbons (Fsp3) is 0.500. The summed E-state index contributed by atoms with van der Waals surface area (Å²) in [4.78, 5) is 13.9. The molecule has 0 unspecified atom stereocenters. The summed E-state index contributed by atoms with van der Waals surface area (Å²) in [7, 11) is -3.46. The first kappa shape index (κ1) is 17.4. The summed E-state index contributed by atoms with van der Waals surface area (Å²) >= 11 is 3.34. The molecule has 1 amide bonds. The number of hydrogen-bond acceptors (Lipinski definition) is 4. The van der Waals surface area contributed by atoms with Gasteiger partial charge < -0.3 is 9.64 Å². The highest BCUT2D eigenvalue weighted by Gasteiger charge is 2.24. The summed E-state index contributed by atoms with van der Waals surface area (Å²) in [5.41, 5.74) is 0.836. The smallest absolute Gasteiger partial charge is 0.238 e. The van der Waals surface area contributed by atoms with Gasteiger partial charge in [0.15, 0.2) is 0 Å². The van der Waals surface area contributed by atoms with Gasteiger partial charge in [-0.2, -0.15) is 4.31 Å². The lowest BCUT2D eigenvalue weighted by Crippen LogP contribution is -2.46. The van der Waals surface area contributed by atoms with Gasteiger partial charge in [0.05, 0.1) is 26.0 Å². The van der Waals surface area contributed by atoms with Crippen molar-refractivity contribution in [1.82, 2.24) is 9.21 Å². The maximum Gasteiger partial charge on any atom is 0.238 e. The Balaban J connectivity index is 2.06. The summed E-state index contributed by atoms with van der Waals surface area (Å²) < 4.78 is 31.2. The molecule has 1 saturated heterocycles. The van der Waals surface area contributed by atoms with E-state index in [0.717, 1.165) is 16.3 Å². The molecule has 0 aliphatic carbocycles. The first-order valence-corrected chi connectivity index (χ1v) is 9.55. The van der Waals surface area contributed by atoms with Crippen molar-refractivity contribution in [3.05, 3.63) is 34.3 Å². The first-order valence-electron chi connectivity index (χ1n) is 6.91. The van der Waals surface area contributed by atoms with Crippen molar-refractivity contribution in [3.63, 3.8) is 0 Å². The SMILES string of the molecule is CS(=O)(=O)N(CC(=O)N1CCOCC1)Cc1ccc(Br)cc1. The molecule has 1 fully saturated rings. The molecule has 8 heteroatoms. The topological polar surface area (TPSA) is 66.9 Å². The van der Waals surface area contributed by atoms with Crippen LogP contribution in [-0.4, -0.2) is 62.6 Å². The lowest BCUT2D eigenvalue weighted by atomic mass is 10.2. The van der Waals surface area contributed by atoms with Crippen molar-refractivity contribution in [1.29, 1.82) is 0 Å². The maximum atomic E-state index is 12.3. The van der Waals surface area contributed by atoms with Gasteiger partial charge in [-0.1, -0.05) is 28.1 Å². The highest BCUT2D eigenvalue weighted by molar-refractivity contribution is 9.10. The molecular weight excluding hydrogens is 372 g/mol. The van der Waals surface area contributed by atoms with Gasteiger partial charge in [-0.25, -0.2) is 8.42 Å². The zero-order valence-corrected chi connectivity index (χ0v) is 14.8. The summed E-state index contributed by atoms with van der Waals surface area (Å²) in [5.74, 6) is -0.189. The van der Waals surface area contributed by atoms with Crippen LogP contribution in [0.5, 0.6) is 0 Å². The van der Waals surface area contributed by atoms with E-state index in [-0.39, 0.29) is 19.0 Å². The second-order valence-electron chi connectivity index (χ2n) is 5.15. The molecule has 1 aliphatic rings. The molecular formula is C14H19BrN2O4S. The van der Waals surface area contributed by atoms with Gasteiger partial charge in [-0.05, 0) is 17.7 Å². The van der Waals surface area contributed by atoms with Crippen LogP contribution in [0, 0.1) is 0 Å².